The minimum atomic E-state index is 0.730. The maximum Gasteiger partial charge on any atom is 0.152 e. The summed E-state index contributed by atoms with van der Waals surface area (Å²) in [5.74, 6) is 7.25. The van der Waals surface area contributed by atoms with Crippen molar-refractivity contribution >= 4 is 27.4 Å². The fourth-order valence-corrected chi connectivity index (χ4v) is 3.91. The van der Waals surface area contributed by atoms with Crippen molar-refractivity contribution in [2.45, 2.75) is 32.1 Å². The summed E-state index contributed by atoms with van der Waals surface area (Å²) in [6.45, 7) is 0.730. The molecular formula is C13H18N4OS. The summed E-state index contributed by atoms with van der Waals surface area (Å²) in [5.41, 5.74) is 4.14. The SMILES string of the molecule is COCCCc1nc(NN)c2c3c(sc2n1)CCC3. The van der Waals surface area contributed by atoms with E-state index in [2.05, 4.69) is 15.4 Å². The Morgan fingerprint density at radius 3 is 3.05 bits per heavy atom. The average molecular weight is 278 g/mol. The summed E-state index contributed by atoms with van der Waals surface area (Å²) in [5, 5.41) is 1.13. The highest BCUT2D eigenvalue weighted by Gasteiger charge is 2.21. The summed E-state index contributed by atoms with van der Waals surface area (Å²) in [6.07, 6.45) is 5.27. The van der Waals surface area contributed by atoms with Crippen LogP contribution in [0, 0.1) is 0 Å². The predicted molar refractivity (Wildman–Crippen MR) is 77.4 cm³/mol. The van der Waals surface area contributed by atoms with Gasteiger partial charge in [0, 0.05) is 25.0 Å². The number of aromatic nitrogens is 2. The van der Waals surface area contributed by atoms with E-state index in [9.17, 15) is 0 Å². The molecule has 0 spiro atoms. The number of aryl methyl sites for hydroxylation is 3. The summed E-state index contributed by atoms with van der Waals surface area (Å²) in [6, 6.07) is 0. The molecule has 0 atom stereocenters. The zero-order valence-electron chi connectivity index (χ0n) is 11.0. The van der Waals surface area contributed by atoms with Gasteiger partial charge in [-0.15, -0.1) is 11.3 Å². The second kappa shape index (κ2) is 5.40. The van der Waals surface area contributed by atoms with Gasteiger partial charge in [0.05, 0.1) is 5.39 Å². The van der Waals surface area contributed by atoms with Crippen LogP contribution in [0.3, 0.4) is 0 Å². The molecule has 0 aromatic carbocycles. The normalized spacial score (nSPS) is 14.0. The first kappa shape index (κ1) is 12.8. The highest BCUT2D eigenvalue weighted by atomic mass is 32.1. The minimum absolute atomic E-state index is 0.730. The topological polar surface area (TPSA) is 73.1 Å². The van der Waals surface area contributed by atoms with E-state index in [4.69, 9.17) is 10.6 Å². The Labute approximate surface area is 116 Å². The molecule has 0 amide bonds. The molecule has 0 saturated carbocycles. The number of anilines is 1. The number of rotatable bonds is 5. The fraction of sp³-hybridized carbons (Fsp3) is 0.538. The maximum absolute atomic E-state index is 5.63. The highest BCUT2D eigenvalue weighted by Crippen LogP contribution is 2.39. The van der Waals surface area contributed by atoms with E-state index >= 15 is 0 Å². The number of nitrogens with one attached hydrogen (secondary N) is 1. The molecule has 0 bridgehead atoms. The first-order valence-electron chi connectivity index (χ1n) is 6.60. The smallest absolute Gasteiger partial charge is 0.152 e. The van der Waals surface area contributed by atoms with Gasteiger partial charge < -0.3 is 10.2 Å². The molecule has 0 radical (unpaired) electrons. The molecule has 19 heavy (non-hydrogen) atoms. The maximum atomic E-state index is 5.63. The third kappa shape index (κ3) is 2.31. The third-order valence-electron chi connectivity index (χ3n) is 3.50. The van der Waals surface area contributed by atoms with Crippen LogP contribution in [0.25, 0.3) is 10.2 Å². The zero-order chi connectivity index (χ0) is 13.2. The lowest BCUT2D eigenvalue weighted by Crippen LogP contribution is -2.11. The van der Waals surface area contributed by atoms with Crippen LogP contribution in [0.5, 0.6) is 0 Å². The first-order valence-corrected chi connectivity index (χ1v) is 7.42. The summed E-state index contributed by atoms with van der Waals surface area (Å²) in [7, 11) is 1.71. The van der Waals surface area contributed by atoms with E-state index in [0.29, 0.717) is 0 Å². The molecule has 102 valence electrons. The molecule has 0 saturated heterocycles. The number of nitrogens with zero attached hydrogens (tertiary/aromatic N) is 2. The number of ether oxygens (including phenoxy) is 1. The average Bonchev–Trinajstić information content (AvgIpc) is 2.98. The molecule has 1 aliphatic carbocycles. The fourth-order valence-electron chi connectivity index (χ4n) is 2.63. The zero-order valence-corrected chi connectivity index (χ0v) is 11.8. The standard InChI is InChI=1S/C13H18N4OS/c1-18-7-3-6-10-15-12(17-14)11-8-4-2-5-9(8)19-13(11)16-10/h2-7,14H2,1H3,(H,15,16,17). The van der Waals surface area contributed by atoms with Crippen molar-refractivity contribution in [1.82, 2.24) is 9.97 Å². The quantitative estimate of drug-likeness (QED) is 0.497. The van der Waals surface area contributed by atoms with Crippen molar-refractivity contribution in [2.24, 2.45) is 5.84 Å². The van der Waals surface area contributed by atoms with Crippen LogP contribution >= 0.6 is 11.3 Å². The van der Waals surface area contributed by atoms with Gasteiger partial charge in [-0.05, 0) is 31.2 Å². The second-order valence-electron chi connectivity index (χ2n) is 4.77. The first-order chi connectivity index (χ1) is 9.33. The molecule has 3 N–H and O–H groups in total. The molecule has 2 aromatic rings. The van der Waals surface area contributed by atoms with Gasteiger partial charge in [0.15, 0.2) is 5.82 Å². The molecule has 0 aliphatic heterocycles. The molecule has 2 aromatic heterocycles. The Morgan fingerprint density at radius 1 is 1.37 bits per heavy atom. The number of thiophene rings is 1. The predicted octanol–water partition coefficient (Wildman–Crippen LogP) is 2.04. The molecule has 2 heterocycles. The number of hydrazine groups is 1. The summed E-state index contributed by atoms with van der Waals surface area (Å²) in [4.78, 5) is 11.7. The number of hydrogen-bond acceptors (Lipinski definition) is 6. The van der Waals surface area contributed by atoms with E-state index in [1.54, 1.807) is 18.4 Å². The van der Waals surface area contributed by atoms with Gasteiger partial charge in [0.2, 0.25) is 0 Å². The van der Waals surface area contributed by atoms with Crippen LogP contribution in [-0.4, -0.2) is 23.7 Å². The second-order valence-corrected chi connectivity index (χ2v) is 5.85. The molecule has 0 unspecified atom stereocenters. The van der Waals surface area contributed by atoms with Crippen LogP contribution < -0.4 is 11.3 Å². The number of nitrogens with two attached hydrogens (primary N) is 1. The van der Waals surface area contributed by atoms with Gasteiger partial charge in [-0.3, -0.25) is 0 Å². The van der Waals surface area contributed by atoms with Crippen molar-refractivity contribution in [3.63, 3.8) is 0 Å². The van der Waals surface area contributed by atoms with Crippen LogP contribution in [0.1, 0.15) is 29.1 Å². The lowest BCUT2D eigenvalue weighted by atomic mass is 10.2. The van der Waals surface area contributed by atoms with Crippen molar-refractivity contribution in [3.05, 3.63) is 16.3 Å². The van der Waals surface area contributed by atoms with E-state index in [1.807, 2.05) is 0 Å². The van der Waals surface area contributed by atoms with E-state index in [-0.39, 0.29) is 0 Å². The minimum Gasteiger partial charge on any atom is -0.385 e. The summed E-state index contributed by atoms with van der Waals surface area (Å²) >= 11 is 1.79. The molecule has 6 heteroatoms. The number of methoxy groups -OCH3 is 1. The number of nitrogen functional groups attached to an aromatic ring is 1. The largest absolute Gasteiger partial charge is 0.385 e. The Kier molecular flexibility index (Phi) is 3.63. The lowest BCUT2D eigenvalue weighted by molar-refractivity contribution is 0.194. The Bertz CT molecular complexity index is 596. The Balaban J connectivity index is 1.99. The Morgan fingerprint density at radius 2 is 2.26 bits per heavy atom. The lowest BCUT2D eigenvalue weighted by Gasteiger charge is -2.06. The van der Waals surface area contributed by atoms with Gasteiger partial charge in [-0.25, -0.2) is 15.8 Å². The third-order valence-corrected chi connectivity index (χ3v) is 4.68. The van der Waals surface area contributed by atoms with E-state index in [1.165, 1.54) is 23.3 Å². The van der Waals surface area contributed by atoms with Gasteiger partial charge >= 0.3 is 0 Å². The van der Waals surface area contributed by atoms with Crippen LogP contribution in [0.15, 0.2) is 0 Å². The Hall–Kier alpha value is -1.24. The van der Waals surface area contributed by atoms with Gasteiger partial charge in [0.25, 0.3) is 0 Å². The van der Waals surface area contributed by atoms with Crippen LogP contribution in [-0.2, 0) is 24.0 Å². The molecule has 0 fully saturated rings. The molecule has 3 rings (SSSR count). The van der Waals surface area contributed by atoms with E-state index < -0.39 is 0 Å². The highest BCUT2D eigenvalue weighted by molar-refractivity contribution is 7.19. The van der Waals surface area contributed by atoms with Crippen molar-refractivity contribution in [2.75, 3.05) is 19.1 Å². The molecule has 1 aliphatic rings. The molecule has 5 nitrogen and oxygen atoms in total. The van der Waals surface area contributed by atoms with Crippen LogP contribution in [0.4, 0.5) is 5.82 Å². The monoisotopic (exact) mass is 278 g/mol. The van der Waals surface area contributed by atoms with Gasteiger partial charge in [-0.1, -0.05) is 0 Å². The summed E-state index contributed by atoms with van der Waals surface area (Å²) < 4.78 is 5.06. The number of fused-ring (bicyclic) bond motifs is 3. The van der Waals surface area contributed by atoms with Crippen molar-refractivity contribution in [1.29, 1.82) is 0 Å². The van der Waals surface area contributed by atoms with Crippen molar-refractivity contribution in [3.8, 4) is 0 Å². The van der Waals surface area contributed by atoms with Crippen LogP contribution in [0.2, 0.25) is 0 Å². The van der Waals surface area contributed by atoms with Gasteiger partial charge in [-0.2, -0.15) is 0 Å². The van der Waals surface area contributed by atoms with Gasteiger partial charge in [0.1, 0.15) is 10.7 Å². The van der Waals surface area contributed by atoms with E-state index in [0.717, 1.165) is 47.7 Å². The number of hydrogen-bond donors (Lipinski definition) is 2. The molecular weight excluding hydrogens is 260 g/mol. The van der Waals surface area contributed by atoms with Crippen molar-refractivity contribution < 1.29 is 4.74 Å².